The van der Waals surface area contributed by atoms with E-state index in [1.165, 1.54) is 0 Å². The first-order valence-corrected chi connectivity index (χ1v) is 5.39. The molecule has 0 amide bonds. The highest BCUT2D eigenvalue weighted by molar-refractivity contribution is 5.47. The van der Waals surface area contributed by atoms with Crippen LogP contribution >= 0.6 is 0 Å². The second-order valence-electron chi connectivity index (χ2n) is 4.08. The number of aliphatic hydroxyl groups is 2. The van der Waals surface area contributed by atoms with Gasteiger partial charge in [-0.05, 0) is 30.7 Å². The van der Waals surface area contributed by atoms with Crippen molar-refractivity contribution in [2.75, 3.05) is 25.5 Å². The molecule has 0 aliphatic heterocycles. The number of anilines is 1. The Morgan fingerprint density at radius 3 is 2.56 bits per heavy atom. The monoisotopic (exact) mass is 224 g/mol. The van der Waals surface area contributed by atoms with Crippen molar-refractivity contribution in [3.63, 3.8) is 0 Å². The SMILES string of the molecule is CN(C)c1cccc(C(O)C(O)CCN)c1. The van der Waals surface area contributed by atoms with Crippen LogP contribution in [0.15, 0.2) is 24.3 Å². The summed E-state index contributed by atoms with van der Waals surface area (Å²) in [6.07, 6.45) is -1.28. The minimum Gasteiger partial charge on any atom is -0.390 e. The van der Waals surface area contributed by atoms with Crippen molar-refractivity contribution in [2.24, 2.45) is 5.73 Å². The third-order valence-electron chi connectivity index (χ3n) is 2.56. The van der Waals surface area contributed by atoms with Gasteiger partial charge in [0, 0.05) is 19.8 Å². The van der Waals surface area contributed by atoms with Gasteiger partial charge in [-0.3, -0.25) is 0 Å². The molecule has 0 saturated heterocycles. The maximum absolute atomic E-state index is 9.90. The average Bonchev–Trinajstić information content (AvgIpc) is 2.28. The zero-order valence-corrected chi connectivity index (χ0v) is 9.80. The lowest BCUT2D eigenvalue weighted by Gasteiger charge is -2.20. The summed E-state index contributed by atoms with van der Waals surface area (Å²) in [6, 6.07) is 7.48. The molecule has 4 heteroatoms. The summed E-state index contributed by atoms with van der Waals surface area (Å²) in [5, 5.41) is 19.6. The van der Waals surface area contributed by atoms with Gasteiger partial charge in [-0.1, -0.05) is 12.1 Å². The van der Waals surface area contributed by atoms with E-state index >= 15 is 0 Å². The maximum atomic E-state index is 9.90. The van der Waals surface area contributed by atoms with E-state index in [2.05, 4.69) is 0 Å². The van der Waals surface area contributed by atoms with E-state index in [1.807, 2.05) is 37.2 Å². The minimum absolute atomic E-state index is 0.367. The summed E-state index contributed by atoms with van der Waals surface area (Å²) in [6.45, 7) is 0.367. The van der Waals surface area contributed by atoms with Crippen LogP contribution in [0.25, 0.3) is 0 Å². The summed E-state index contributed by atoms with van der Waals surface area (Å²) in [7, 11) is 3.86. The van der Waals surface area contributed by atoms with Gasteiger partial charge in [-0.25, -0.2) is 0 Å². The molecule has 0 heterocycles. The van der Waals surface area contributed by atoms with Gasteiger partial charge >= 0.3 is 0 Å². The van der Waals surface area contributed by atoms with Crippen molar-refractivity contribution in [3.05, 3.63) is 29.8 Å². The van der Waals surface area contributed by atoms with Crippen LogP contribution in [0.3, 0.4) is 0 Å². The fourth-order valence-electron chi connectivity index (χ4n) is 1.54. The Labute approximate surface area is 96.3 Å². The van der Waals surface area contributed by atoms with E-state index < -0.39 is 12.2 Å². The zero-order chi connectivity index (χ0) is 12.1. The normalized spacial score (nSPS) is 14.6. The molecular weight excluding hydrogens is 204 g/mol. The third-order valence-corrected chi connectivity index (χ3v) is 2.56. The van der Waals surface area contributed by atoms with E-state index in [0.717, 1.165) is 5.69 Å². The summed E-state index contributed by atoms with van der Waals surface area (Å²) >= 11 is 0. The van der Waals surface area contributed by atoms with Crippen LogP contribution in [0.2, 0.25) is 0 Å². The molecule has 4 nitrogen and oxygen atoms in total. The lowest BCUT2D eigenvalue weighted by atomic mass is 10.0. The topological polar surface area (TPSA) is 69.7 Å². The predicted molar refractivity (Wildman–Crippen MR) is 65.4 cm³/mol. The fourth-order valence-corrected chi connectivity index (χ4v) is 1.54. The molecule has 0 bridgehead atoms. The Kier molecular flexibility index (Phi) is 4.73. The van der Waals surface area contributed by atoms with E-state index in [9.17, 15) is 10.2 Å². The van der Waals surface area contributed by atoms with Gasteiger partial charge in [0.2, 0.25) is 0 Å². The Morgan fingerprint density at radius 1 is 1.31 bits per heavy atom. The van der Waals surface area contributed by atoms with Gasteiger partial charge in [0.1, 0.15) is 6.10 Å². The maximum Gasteiger partial charge on any atom is 0.105 e. The first-order valence-electron chi connectivity index (χ1n) is 5.39. The highest BCUT2D eigenvalue weighted by Gasteiger charge is 2.17. The van der Waals surface area contributed by atoms with E-state index in [4.69, 9.17) is 5.73 Å². The van der Waals surface area contributed by atoms with Crippen LogP contribution in [-0.2, 0) is 0 Å². The van der Waals surface area contributed by atoms with Crippen LogP contribution in [0.4, 0.5) is 5.69 Å². The first kappa shape index (κ1) is 13.0. The van der Waals surface area contributed by atoms with Crippen LogP contribution in [0, 0.1) is 0 Å². The molecule has 4 N–H and O–H groups in total. The zero-order valence-electron chi connectivity index (χ0n) is 9.80. The van der Waals surface area contributed by atoms with Crippen molar-refractivity contribution in [1.82, 2.24) is 0 Å². The van der Waals surface area contributed by atoms with Crippen molar-refractivity contribution in [1.29, 1.82) is 0 Å². The van der Waals surface area contributed by atoms with Gasteiger partial charge < -0.3 is 20.8 Å². The molecule has 0 spiro atoms. The first-order chi connectivity index (χ1) is 7.56. The fraction of sp³-hybridized carbons (Fsp3) is 0.500. The number of aliphatic hydroxyl groups excluding tert-OH is 2. The van der Waals surface area contributed by atoms with Crippen molar-refractivity contribution in [2.45, 2.75) is 18.6 Å². The molecule has 90 valence electrons. The molecule has 16 heavy (non-hydrogen) atoms. The minimum atomic E-state index is -0.872. The molecule has 1 aromatic rings. The molecule has 0 aliphatic rings. The molecule has 1 aromatic carbocycles. The number of nitrogens with two attached hydrogens (primary N) is 1. The second-order valence-corrected chi connectivity index (χ2v) is 4.08. The van der Waals surface area contributed by atoms with Crippen LogP contribution in [0.1, 0.15) is 18.1 Å². The van der Waals surface area contributed by atoms with Crippen molar-refractivity contribution in [3.8, 4) is 0 Å². The van der Waals surface area contributed by atoms with E-state index in [0.29, 0.717) is 18.5 Å². The van der Waals surface area contributed by atoms with Gasteiger partial charge in [-0.2, -0.15) is 0 Å². The van der Waals surface area contributed by atoms with Crippen LogP contribution in [0.5, 0.6) is 0 Å². The van der Waals surface area contributed by atoms with Gasteiger partial charge in [-0.15, -0.1) is 0 Å². The predicted octanol–water partition coefficient (Wildman–Crippen LogP) is 0.496. The number of benzene rings is 1. The van der Waals surface area contributed by atoms with E-state index in [-0.39, 0.29) is 0 Å². The van der Waals surface area contributed by atoms with Crippen molar-refractivity contribution >= 4 is 5.69 Å². The molecular formula is C12H20N2O2. The van der Waals surface area contributed by atoms with Crippen molar-refractivity contribution < 1.29 is 10.2 Å². The molecule has 0 saturated carbocycles. The van der Waals surface area contributed by atoms with Gasteiger partial charge in [0.05, 0.1) is 6.10 Å². The standard InChI is InChI=1S/C12H20N2O2/c1-14(2)10-5-3-4-9(8-10)12(16)11(15)6-7-13/h3-5,8,11-12,15-16H,6-7,13H2,1-2H3. The number of hydrogen-bond donors (Lipinski definition) is 3. The molecule has 2 unspecified atom stereocenters. The number of nitrogens with zero attached hydrogens (tertiary/aromatic N) is 1. The van der Waals surface area contributed by atoms with Gasteiger partial charge in [0.25, 0.3) is 0 Å². The lowest BCUT2D eigenvalue weighted by Crippen LogP contribution is -2.22. The summed E-state index contributed by atoms with van der Waals surface area (Å²) in [5.74, 6) is 0. The number of hydrogen-bond acceptors (Lipinski definition) is 4. The smallest absolute Gasteiger partial charge is 0.105 e. The Bertz CT molecular complexity index is 329. The summed E-state index contributed by atoms with van der Waals surface area (Å²) in [4.78, 5) is 1.95. The van der Waals surface area contributed by atoms with Crippen LogP contribution < -0.4 is 10.6 Å². The largest absolute Gasteiger partial charge is 0.390 e. The Balaban J connectivity index is 2.82. The number of rotatable bonds is 5. The quantitative estimate of drug-likeness (QED) is 0.681. The molecule has 2 atom stereocenters. The Morgan fingerprint density at radius 2 is 2.00 bits per heavy atom. The molecule has 0 aliphatic carbocycles. The lowest BCUT2D eigenvalue weighted by molar-refractivity contribution is 0.0150. The molecule has 0 fully saturated rings. The van der Waals surface area contributed by atoms with E-state index in [1.54, 1.807) is 6.07 Å². The summed E-state index contributed by atoms with van der Waals surface area (Å²) < 4.78 is 0. The highest BCUT2D eigenvalue weighted by Crippen LogP contribution is 2.22. The molecule has 0 aromatic heterocycles. The summed E-state index contributed by atoms with van der Waals surface area (Å²) in [5.41, 5.74) is 7.06. The average molecular weight is 224 g/mol. The molecule has 1 rings (SSSR count). The second kappa shape index (κ2) is 5.84. The van der Waals surface area contributed by atoms with Gasteiger partial charge in [0.15, 0.2) is 0 Å². The third kappa shape index (κ3) is 3.20. The Hall–Kier alpha value is -1.10. The molecule has 0 radical (unpaired) electrons. The highest BCUT2D eigenvalue weighted by atomic mass is 16.3. The van der Waals surface area contributed by atoms with Crippen LogP contribution in [-0.4, -0.2) is 37.0 Å².